The van der Waals surface area contributed by atoms with Gasteiger partial charge in [-0.3, -0.25) is 4.79 Å². The van der Waals surface area contributed by atoms with Gasteiger partial charge in [0.15, 0.2) is 0 Å². The molecule has 2 fully saturated rings. The topological polar surface area (TPSA) is 29.1 Å². The van der Waals surface area contributed by atoms with Crippen LogP contribution in [-0.2, 0) is 0 Å². The van der Waals surface area contributed by atoms with Crippen molar-refractivity contribution < 1.29 is 4.79 Å². The van der Waals surface area contributed by atoms with Crippen LogP contribution in [0.4, 0.5) is 0 Å². The van der Waals surface area contributed by atoms with Gasteiger partial charge in [-0.1, -0.05) is 18.6 Å². The number of carbonyl (C=O) groups is 1. The molecule has 3 heteroatoms. The molecule has 1 aromatic rings. The van der Waals surface area contributed by atoms with Crippen molar-refractivity contribution in [1.82, 2.24) is 5.32 Å². The first-order valence-electron chi connectivity index (χ1n) is 7.62. The summed E-state index contributed by atoms with van der Waals surface area (Å²) in [4.78, 5) is 12.4. The Hall–Kier alpha value is -0.830. The van der Waals surface area contributed by atoms with Crippen LogP contribution in [0, 0.1) is 24.7 Å². The summed E-state index contributed by atoms with van der Waals surface area (Å²) in [7, 11) is 0. The summed E-state index contributed by atoms with van der Waals surface area (Å²) in [6.45, 7) is 4.19. The van der Waals surface area contributed by atoms with Crippen LogP contribution in [0.15, 0.2) is 22.7 Å². The van der Waals surface area contributed by atoms with Crippen molar-refractivity contribution in [3.05, 3.63) is 33.8 Å². The predicted molar refractivity (Wildman–Crippen MR) is 84.7 cm³/mol. The Morgan fingerprint density at radius 3 is 2.80 bits per heavy atom. The largest absolute Gasteiger partial charge is 0.349 e. The van der Waals surface area contributed by atoms with E-state index in [0.29, 0.717) is 5.92 Å². The molecular formula is C17H22BrNO. The summed E-state index contributed by atoms with van der Waals surface area (Å²) in [5.74, 6) is 2.50. The third kappa shape index (κ3) is 2.52. The lowest BCUT2D eigenvalue weighted by Gasteiger charge is -2.28. The van der Waals surface area contributed by atoms with E-state index in [4.69, 9.17) is 0 Å². The molecule has 2 aliphatic rings. The summed E-state index contributed by atoms with van der Waals surface area (Å²) >= 11 is 3.53. The third-order valence-electron chi connectivity index (χ3n) is 5.23. The molecule has 20 heavy (non-hydrogen) atoms. The second kappa shape index (κ2) is 5.51. The van der Waals surface area contributed by atoms with Gasteiger partial charge in [0.05, 0.1) is 5.56 Å². The van der Waals surface area contributed by atoms with Gasteiger partial charge in [0.1, 0.15) is 0 Å². The number of benzene rings is 1. The highest BCUT2D eigenvalue weighted by Gasteiger charge is 2.42. The van der Waals surface area contributed by atoms with Gasteiger partial charge < -0.3 is 5.32 Å². The maximum Gasteiger partial charge on any atom is 0.252 e. The molecule has 2 aliphatic carbocycles. The van der Waals surface area contributed by atoms with Gasteiger partial charge in [-0.05, 0) is 78.4 Å². The molecule has 2 nitrogen and oxygen atoms in total. The highest BCUT2D eigenvalue weighted by atomic mass is 79.9. The molecule has 4 unspecified atom stereocenters. The number of carbonyl (C=O) groups excluding carboxylic acids is 1. The minimum atomic E-state index is 0.0517. The number of nitrogens with one attached hydrogen (secondary N) is 1. The first-order chi connectivity index (χ1) is 9.56. The Labute approximate surface area is 129 Å². The highest BCUT2D eigenvalue weighted by Crippen LogP contribution is 2.49. The maximum absolute atomic E-state index is 12.4. The zero-order valence-corrected chi connectivity index (χ0v) is 13.7. The van der Waals surface area contributed by atoms with Gasteiger partial charge in [-0.25, -0.2) is 0 Å². The van der Waals surface area contributed by atoms with Crippen molar-refractivity contribution in [2.75, 3.05) is 0 Å². The number of amides is 1. The van der Waals surface area contributed by atoms with Crippen LogP contribution in [0.5, 0.6) is 0 Å². The summed E-state index contributed by atoms with van der Waals surface area (Å²) in [5.41, 5.74) is 1.85. The lowest BCUT2D eigenvalue weighted by Crippen LogP contribution is -2.40. The normalized spacial score (nSPS) is 29.4. The van der Waals surface area contributed by atoms with E-state index in [1.165, 1.54) is 25.7 Å². The second-order valence-electron chi connectivity index (χ2n) is 6.54. The molecule has 0 aliphatic heterocycles. The van der Waals surface area contributed by atoms with E-state index in [9.17, 15) is 4.79 Å². The maximum atomic E-state index is 12.4. The van der Waals surface area contributed by atoms with Crippen LogP contribution in [0.2, 0.25) is 0 Å². The lowest BCUT2D eigenvalue weighted by atomic mass is 9.84. The molecule has 2 saturated carbocycles. The van der Waals surface area contributed by atoms with Crippen LogP contribution in [0.25, 0.3) is 0 Å². The molecule has 0 radical (unpaired) electrons. The molecule has 1 amide bonds. The molecule has 2 bridgehead atoms. The summed E-state index contributed by atoms with van der Waals surface area (Å²) in [6, 6.07) is 6.13. The summed E-state index contributed by atoms with van der Waals surface area (Å²) in [5, 5.41) is 3.22. The number of halogens is 1. The molecule has 0 heterocycles. The van der Waals surface area contributed by atoms with E-state index in [1.807, 2.05) is 25.1 Å². The smallest absolute Gasteiger partial charge is 0.252 e. The second-order valence-corrected chi connectivity index (χ2v) is 7.33. The number of hydrogen-bond acceptors (Lipinski definition) is 1. The van der Waals surface area contributed by atoms with Crippen molar-refractivity contribution in [2.24, 2.45) is 17.8 Å². The van der Waals surface area contributed by atoms with Gasteiger partial charge in [-0.15, -0.1) is 0 Å². The fourth-order valence-corrected chi connectivity index (χ4v) is 4.57. The standard InChI is InChI=1S/C17H22BrNO/c1-10-4-3-5-14(16(10)18)17(20)19-11(2)15-9-12-6-7-13(15)8-12/h3-5,11-13,15H,6-9H2,1-2H3,(H,19,20). The summed E-state index contributed by atoms with van der Waals surface area (Å²) < 4.78 is 0.914. The Bertz CT molecular complexity index is 528. The number of fused-ring (bicyclic) bond motifs is 2. The molecule has 0 spiro atoms. The van der Waals surface area contributed by atoms with Crippen LogP contribution < -0.4 is 5.32 Å². The van der Waals surface area contributed by atoms with Gasteiger partial charge in [0.25, 0.3) is 5.91 Å². The average Bonchev–Trinajstić information content (AvgIpc) is 3.04. The van der Waals surface area contributed by atoms with Crippen LogP contribution >= 0.6 is 15.9 Å². The Morgan fingerprint density at radius 2 is 2.15 bits per heavy atom. The van der Waals surface area contributed by atoms with Gasteiger partial charge in [0.2, 0.25) is 0 Å². The van der Waals surface area contributed by atoms with Crippen LogP contribution in [-0.4, -0.2) is 11.9 Å². The van der Waals surface area contributed by atoms with E-state index < -0.39 is 0 Å². The Kier molecular flexibility index (Phi) is 3.89. The SMILES string of the molecule is Cc1cccc(C(=O)NC(C)C2CC3CCC2C3)c1Br. The molecule has 0 saturated heterocycles. The zero-order valence-electron chi connectivity index (χ0n) is 12.2. The van der Waals surface area contributed by atoms with Gasteiger partial charge in [-0.2, -0.15) is 0 Å². The van der Waals surface area contributed by atoms with Crippen molar-refractivity contribution in [1.29, 1.82) is 0 Å². The van der Waals surface area contributed by atoms with Crippen molar-refractivity contribution in [2.45, 2.75) is 45.6 Å². The van der Waals surface area contributed by atoms with Crippen molar-refractivity contribution in [3.63, 3.8) is 0 Å². The fraction of sp³-hybridized carbons (Fsp3) is 0.588. The van der Waals surface area contributed by atoms with Crippen LogP contribution in [0.3, 0.4) is 0 Å². The highest BCUT2D eigenvalue weighted by molar-refractivity contribution is 9.10. The number of aryl methyl sites for hydroxylation is 1. The molecule has 108 valence electrons. The molecular weight excluding hydrogens is 314 g/mol. The van der Waals surface area contributed by atoms with E-state index >= 15 is 0 Å². The monoisotopic (exact) mass is 335 g/mol. The average molecular weight is 336 g/mol. The quantitative estimate of drug-likeness (QED) is 0.875. The van der Waals surface area contributed by atoms with E-state index in [2.05, 4.69) is 28.2 Å². The first kappa shape index (κ1) is 14.1. The minimum Gasteiger partial charge on any atom is -0.349 e. The fourth-order valence-electron chi connectivity index (χ4n) is 4.12. The summed E-state index contributed by atoms with van der Waals surface area (Å²) in [6.07, 6.45) is 5.47. The molecule has 0 aromatic heterocycles. The molecule has 1 N–H and O–H groups in total. The predicted octanol–water partition coefficient (Wildman–Crippen LogP) is 4.31. The molecule has 1 aromatic carbocycles. The Morgan fingerprint density at radius 1 is 1.35 bits per heavy atom. The van der Waals surface area contributed by atoms with Crippen molar-refractivity contribution >= 4 is 21.8 Å². The molecule has 3 rings (SSSR count). The van der Waals surface area contributed by atoms with E-state index in [-0.39, 0.29) is 11.9 Å². The lowest BCUT2D eigenvalue weighted by molar-refractivity contribution is 0.0914. The zero-order chi connectivity index (χ0) is 14.3. The molecule has 4 atom stereocenters. The van der Waals surface area contributed by atoms with E-state index in [1.54, 1.807) is 0 Å². The van der Waals surface area contributed by atoms with Gasteiger partial charge >= 0.3 is 0 Å². The van der Waals surface area contributed by atoms with Gasteiger partial charge in [0, 0.05) is 10.5 Å². The van der Waals surface area contributed by atoms with Crippen molar-refractivity contribution in [3.8, 4) is 0 Å². The first-order valence-corrected chi connectivity index (χ1v) is 8.41. The number of rotatable bonds is 3. The van der Waals surface area contributed by atoms with E-state index in [0.717, 1.165) is 27.4 Å². The van der Waals surface area contributed by atoms with Crippen LogP contribution in [0.1, 0.15) is 48.5 Å². The minimum absolute atomic E-state index is 0.0517. The Balaban J connectivity index is 1.68. The third-order valence-corrected chi connectivity index (χ3v) is 6.28. The number of hydrogen-bond donors (Lipinski definition) is 1.